The third-order valence-corrected chi connectivity index (χ3v) is 4.19. The Morgan fingerprint density at radius 1 is 1.00 bits per heavy atom. The molecule has 2 aromatic carbocycles. The van der Waals surface area contributed by atoms with Crippen LogP contribution in [-0.2, 0) is 4.79 Å². The molecule has 1 saturated carbocycles. The molecule has 0 radical (unpaired) electrons. The van der Waals surface area contributed by atoms with Crippen molar-refractivity contribution in [1.29, 1.82) is 0 Å². The van der Waals surface area contributed by atoms with E-state index in [0.29, 0.717) is 31.5 Å². The third kappa shape index (κ3) is 2.51. The zero-order chi connectivity index (χ0) is 14.1. The van der Waals surface area contributed by atoms with E-state index in [1.165, 1.54) is 10.9 Å². The molecule has 0 bridgehead atoms. The Hall–Kier alpha value is -1.96. The molecule has 2 heteroatoms. The van der Waals surface area contributed by atoms with E-state index >= 15 is 0 Å². The Balaban J connectivity index is 1.88. The Bertz CT molecular complexity index is 675. The molecule has 0 saturated heterocycles. The molecular formula is C18H18O2. The number of Topliss-reactive ketones (excluding diaryl/α,β-unsaturated/α-hetero) is 2. The second-order valence-corrected chi connectivity index (χ2v) is 5.74. The lowest BCUT2D eigenvalue weighted by Gasteiger charge is -2.19. The molecule has 0 aliphatic heterocycles. The van der Waals surface area contributed by atoms with Crippen LogP contribution in [0.1, 0.15) is 41.6 Å². The molecule has 2 aromatic rings. The van der Waals surface area contributed by atoms with Crippen LogP contribution in [0, 0.1) is 12.8 Å². The molecule has 0 aromatic heterocycles. The fraction of sp³-hybridized carbons (Fsp3) is 0.333. The Labute approximate surface area is 118 Å². The van der Waals surface area contributed by atoms with Crippen molar-refractivity contribution in [2.24, 2.45) is 5.92 Å². The summed E-state index contributed by atoms with van der Waals surface area (Å²) in [5.41, 5.74) is 2.00. The van der Waals surface area contributed by atoms with E-state index in [-0.39, 0.29) is 11.7 Å². The van der Waals surface area contributed by atoms with Crippen molar-refractivity contribution in [1.82, 2.24) is 0 Å². The molecule has 0 heterocycles. The van der Waals surface area contributed by atoms with E-state index in [1.807, 2.05) is 18.2 Å². The van der Waals surface area contributed by atoms with Gasteiger partial charge in [-0.05, 0) is 36.6 Å². The van der Waals surface area contributed by atoms with Crippen molar-refractivity contribution in [2.75, 3.05) is 0 Å². The maximum atomic E-state index is 12.5. The van der Waals surface area contributed by atoms with E-state index in [1.54, 1.807) is 0 Å². The summed E-state index contributed by atoms with van der Waals surface area (Å²) in [6, 6.07) is 12.2. The molecule has 20 heavy (non-hydrogen) atoms. The fourth-order valence-corrected chi connectivity index (χ4v) is 2.96. The summed E-state index contributed by atoms with van der Waals surface area (Å²) >= 11 is 0. The van der Waals surface area contributed by atoms with E-state index in [2.05, 4.69) is 25.1 Å². The monoisotopic (exact) mass is 266 g/mol. The van der Waals surface area contributed by atoms with Gasteiger partial charge < -0.3 is 0 Å². The number of aryl methyl sites for hydroxylation is 1. The summed E-state index contributed by atoms with van der Waals surface area (Å²) in [7, 11) is 0. The van der Waals surface area contributed by atoms with Gasteiger partial charge in [0.05, 0.1) is 0 Å². The minimum atomic E-state index is 0.0237. The molecule has 0 amide bonds. The molecular weight excluding hydrogens is 248 g/mol. The van der Waals surface area contributed by atoms with Crippen LogP contribution < -0.4 is 0 Å². The van der Waals surface area contributed by atoms with Gasteiger partial charge in [-0.1, -0.05) is 35.9 Å². The fourth-order valence-electron chi connectivity index (χ4n) is 2.96. The lowest BCUT2D eigenvalue weighted by molar-refractivity contribution is -0.120. The topological polar surface area (TPSA) is 34.1 Å². The predicted octanol–water partition coefficient (Wildman–Crippen LogP) is 4.09. The molecule has 0 N–H and O–H groups in total. The number of ketones is 2. The number of benzene rings is 2. The Morgan fingerprint density at radius 2 is 1.65 bits per heavy atom. The standard InChI is InChI=1S/C18H18O2/c1-12-2-3-15-11-16(5-4-14(15)10-12)18(20)13-6-8-17(19)9-7-13/h2-5,10-11,13H,6-9H2,1H3. The molecule has 3 rings (SSSR count). The minimum Gasteiger partial charge on any atom is -0.300 e. The van der Waals surface area contributed by atoms with Gasteiger partial charge in [0.2, 0.25) is 0 Å². The first-order valence-electron chi connectivity index (χ1n) is 7.20. The van der Waals surface area contributed by atoms with Gasteiger partial charge in [0.25, 0.3) is 0 Å². The van der Waals surface area contributed by atoms with Gasteiger partial charge in [-0.2, -0.15) is 0 Å². The van der Waals surface area contributed by atoms with Crippen molar-refractivity contribution in [3.63, 3.8) is 0 Å². The van der Waals surface area contributed by atoms with Gasteiger partial charge in [-0.15, -0.1) is 0 Å². The zero-order valence-corrected chi connectivity index (χ0v) is 11.7. The zero-order valence-electron chi connectivity index (χ0n) is 11.7. The molecule has 1 aliphatic carbocycles. The average molecular weight is 266 g/mol. The highest BCUT2D eigenvalue weighted by Crippen LogP contribution is 2.27. The van der Waals surface area contributed by atoms with Crippen LogP contribution in [-0.4, -0.2) is 11.6 Å². The normalized spacial score (nSPS) is 16.6. The van der Waals surface area contributed by atoms with Gasteiger partial charge in [0.15, 0.2) is 5.78 Å². The number of hydrogen-bond acceptors (Lipinski definition) is 2. The first-order chi connectivity index (χ1) is 9.63. The lowest BCUT2D eigenvalue weighted by Crippen LogP contribution is -2.21. The third-order valence-electron chi connectivity index (χ3n) is 4.19. The van der Waals surface area contributed by atoms with Crippen LogP contribution in [0.4, 0.5) is 0 Å². The SMILES string of the molecule is Cc1ccc2cc(C(=O)C3CCC(=O)CC3)ccc2c1. The van der Waals surface area contributed by atoms with Crippen LogP contribution in [0.2, 0.25) is 0 Å². The highest BCUT2D eigenvalue weighted by atomic mass is 16.1. The highest BCUT2D eigenvalue weighted by molar-refractivity contribution is 6.02. The summed E-state index contributed by atoms with van der Waals surface area (Å²) < 4.78 is 0. The van der Waals surface area contributed by atoms with Crippen LogP contribution in [0.15, 0.2) is 36.4 Å². The maximum absolute atomic E-state index is 12.5. The predicted molar refractivity (Wildman–Crippen MR) is 80.0 cm³/mol. The van der Waals surface area contributed by atoms with Gasteiger partial charge in [-0.25, -0.2) is 0 Å². The minimum absolute atomic E-state index is 0.0237. The number of carbonyl (C=O) groups excluding carboxylic acids is 2. The van der Waals surface area contributed by atoms with Gasteiger partial charge in [0, 0.05) is 24.3 Å². The molecule has 0 spiro atoms. The Kier molecular flexibility index (Phi) is 3.39. The van der Waals surface area contributed by atoms with Gasteiger partial charge >= 0.3 is 0 Å². The highest BCUT2D eigenvalue weighted by Gasteiger charge is 2.25. The summed E-state index contributed by atoms with van der Waals surface area (Å²) in [6.07, 6.45) is 2.54. The van der Waals surface area contributed by atoms with E-state index < -0.39 is 0 Å². The quantitative estimate of drug-likeness (QED) is 0.767. The largest absolute Gasteiger partial charge is 0.300 e. The maximum Gasteiger partial charge on any atom is 0.165 e. The van der Waals surface area contributed by atoms with Crippen molar-refractivity contribution in [3.8, 4) is 0 Å². The van der Waals surface area contributed by atoms with Crippen LogP contribution in [0.3, 0.4) is 0 Å². The first kappa shape index (κ1) is 13.0. The number of fused-ring (bicyclic) bond motifs is 1. The summed E-state index contributed by atoms with van der Waals surface area (Å²) in [4.78, 5) is 23.8. The second-order valence-electron chi connectivity index (χ2n) is 5.74. The molecule has 0 atom stereocenters. The van der Waals surface area contributed by atoms with Crippen LogP contribution >= 0.6 is 0 Å². The second kappa shape index (κ2) is 5.20. The number of hydrogen-bond donors (Lipinski definition) is 0. The van der Waals surface area contributed by atoms with Crippen molar-refractivity contribution in [2.45, 2.75) is 32.6 Å². The Morgan fingerprint density at radius 3 is 2.40 bits per heavy atom. The summed E-state index contributed by atoms with van der Waals surface area (Å²) in [6.45, 7) is 2.07. The number of carbonyl (C=O) groups is 2. The van der Waals surface area contributed by atoms with E-state index in [9.17, 15) is 9.59 Å². The van der Waals surface area contributed by atoms with E-state index in [0.717, 1.165) is 10.9 Å². The molecule has 102 valence electrons. The molecule has 2 nitrogen and oxygen atoms in total. The van der Waals surface area contributed by atoms with Gasteiger partial charge in [0.1, 0.15) is 5.78 Å². The van der Waals surface area contributed by atoms with Crippen LogP contribution in [0.5, 0.6) is 0 Å². The van der Waals surface area contributed by atoms with Crippen LogP contribution in [0.25, 0.3) is 10.8 Å². The first-order valence-corrected chi connectivity index (χ1v) is 7.20. The molecule has 1 aliphatic rings. The van der Waals surface area contributed by atoms with Crippen molar-refractivity contribution >= 4 is 22.3 Å². The lowest BCUT2D eigenvalue weighted by atomic mass is 9.83. The average Bonchev–Trinajstić information content (AvgIpc) is 2.47. The number of rotatable bonds is 2. The molecule has 1 fully saturated rings. The summed E-state index contributed by atoms with van der Waals surface area (Å²) in [5, 5.41) is 2.27. The van der Waals surface area contributed by atoms with E-state index in [4.69, 9.17) is 0 Å². The summed E-state index contributed by atoms with van der Waals surface area (Å²) in [5.74, 6) is 0.513. The molecule has 0 unspecified atom stereocenters. The van der Waals surface area contributed by atoms with Gasteiger partial charge in [-0.3, -0.25) is 9.59 Å². The van der Waals surface area contributed by atoms with Crippen molar-refractivity contribution < 1.29 is 9.59 Å². The van der Waals surface area contributed by atoms with Crippen molar-refractivity contribution in [3.05, 3.63) is 47.5 Å². The smallest absolute Gasteiger partial charge is 0.165 e.